The highest BCUT2D eigenvalue weighted by molar-refractivity contribution is 8.47. The summed E-state index contributed by atoms with van der Waals surface area (Å²) in [6.07, 6.45) is 1.26. The zero-order valence-electron chi connectivity index (χ0n) is 16.7. The van der Waals surface area contributed by atoms with Gasteiger partial charge in [0.25, 0.3) is 0 Å². The molecule has 1 unspecified atom stereocenters. The molecule has 1 amide bonds. The van der Waals surface area contributed by atoms with Crippen molar-refractivity contribution in [2.45, 2.75) is 52.7 Å². The number of rotatable bonds is 9. The first-order chi connectivity index (χ1) is 11.9. The Morgan fingerprint density at radius 1 is 1.15 bits per heavy atom. The fourth-order valence-corrected chi connectivity index (χ4v) is 5.09. The van der Waals surface area contributed by atoms with Crippen LogP contribution in [0.3, 0.4) is 0 Å². The average molecular weight is 460 g/mol. The first-order valence-electron chi connectivity index (χ1n) is 8.20. The monoisotopic (exact) mass is 459 g/mol. The van der Waals surface area contributed by atoms with E-state index in [2.05, 4.69) is 5.32 Å². The molecule has 11 heteroatoms. The Morgan fingerprint density at radius 2 is 1.63 bits per heavy atom. The number of carboxylic acid groups (broad SMARTS) is 1. The Hall–Kier alpha value is -0.120. The summed E-state index contributed by atoms with van der Waals surface area (Å²) < 4.78 is 11.1. The van der Waals surface area contributed by atoms with E-state index in [4.69, 9.17) is 22.0 Å². The molecule has 0 radical (unpaired) electrons. The molecule has 0 aliphatic carbocycles. The van der Waals surface area contributed by atoms with Gasteiger partial charge in [0.1, 0.15) is 9.81 Å². The molecule has 0 saturated heterocycles. The summed E-state index contributed by atoms with van der Waals surface area (Å²) in [5.41, 5.74) is -1.89. The highest BCUT2D eigenvalue weighted by Crippen LogP contribution is 2.48. The zero-order valence-corrected chi connectivity index (χ0v) is 20.1. The van der Waals surface area contributed by atoms with Crippen LogP contribution in [0.25, 0.3) is 0 Å². The molecule has 0 aromatic heterocycles. The Labute approximate surface area is 175 Å². The first-order valence-corrected chi connectivity index (χ1v) is 12.4. The predicted molar refractivity (Wildman–Crippen MR) is 116 cm³/mol. The van der Waals surface area contributed by atoms with Gasteiger partial charge in [0.05, 0.1) is 11.3 Å². The molecule has 0 aliphatic rings. The maximum Gasteiger partial charge on any atom is 0.344 e. The molecule has 0 aliphatic heterocycles. The van der Waals surface area contributed by atoms with Crippen LogP contribution < -0.4 is 5.32 Å². The zero-order chi connectivity index (χ0) is 21.8. The summed E-state index contributed by atoms with van der Waals surface area (Å²) >= 11 is 7.96. The van der Waals surface area contributed by atoms with Crippen LogP contribution in [0.5, 0.6) is 0 Å². The van der Waals surface area contributed by atoms with Crippen molar-refractivity contribution in [1.29, 1.82) is 0 Å². The second-order valence-corrected chi connectivity index (χ2v) is 13.4. The topological polar surface area (TPSA) is 124 Å². The van der Waals surface area contributed by atoms with Crippen LogP contribution >= 0.6 is 43.3 Å². The van der Waals surface area contributed by atoms with Gasteiger partial charge < -0.3 is 20.2 Å². The van der Waals surface area contributed by atoms with Crippen molar-refractivity contribution in [1.82, 2.24) is 5.32 Å². The van der Waals surface area contributed by atoms with Crippen molar-refractivity contribution in [3.8, 4) is 0 Å². The average Bonchev–Trinajstić information content (AvgIpc) is 2.48. The number of thiocarbonyl (C=S) groups is 1. The lowest BCUT2D eigenvalue weighted by molar-refractivity contribution is -0.155. The van der Waals surface area contributed by atoms with Gasteiger partial charge in [-0.1, -0.05) is 26.1 Å². The van der Waals surface area contributed by atoms with Crippen molar-refractivity contribution in [3.05, 3.63) is 0 Å². The maximum atomic E-state index is 12.8. The molecule has 0 spiro atoms. The lowest BCUT2D eigenvalue weighted by Gasteiger charge is -2.43. The molecule has 0 rings (SSSR count). The molecule has 27 heavy (non-hydrogen) atoms. The number of carboxylic acids is 1. The van der Waals surface area contributed by atoms with E-state index in [1.807, 2.05) is 20.1 Å². The third-order valence-corrected chi connectivity index (χ3v) is 8.45. The molecule has 0 aromatic carbocycles. The fourth-order valence-electron chi connectivity index (χ4n) is 2.34. The van der Waals surface area contributed by atoms with E-state index >= 15 is 0 Å². The van der Waals surface area contributed by atoms with Gasteiger partial charge in [0.2, 0.25) is 5.91 Å². The maximum absolute atomic E-state index is 12.8. The lowest BCUT2D eigenvalue weighted by Crippen LogP contribution is -2.48. The minimum absolute atomic E-state index is 0.205. The fraction of sp³-hybridized carbons (Fsp3) is 0.812. The van der Waals surface area contributed by atoms with Crippen molar-refractivity contribution in [3.63, 3.8) is 0 Å². The quantitative estimate of drug-likeness (QED) is 0.303. The van der Waals surface area contributed by atoms with Gasteiger partial charge in [-0.25, -0.2) is 0 Å². The normalized spacial score (nSPS) is 14.6. The van der Waals surface area contributed by atoms with Crippen molar-refractivity contribution in [2.75, 3.05) is 12.5 Å². The third-order valence-electron chi connectivity index (χ3n) is 5.07. The standard InChI is InChI=1S/C16H30NO6PS3/c1-14(2,15(3,4)12(19)20)8-10(11(18)17-9-24(21,22)23)16(5,6)27-13(25)26-7/h10H,8-9H2,1-7H3,(H,17,18)(H,19,20)(H2,21,22,23). The molecular formula is C16H30NO6PS3. The molecule has 1 atom stereocenters. The molecule has 7 nitrogen and oxygen atoms in total. The smallest absolute Gasteiger partial charge is 0.344 e. The summed E-state index contributed by atoms with van der Waals surface area (Å²) in [7, 11) is -4.41. The highest BCUT2D eigenvalue weighted by Gasteiger charge is 2.48. The van der Waals surface area contributed by atoms with Gasteiger partial charge in [-0.15, -0.1) is 23.5 Å². The van der Waals surface area contributed by atoms with Crippen LogP contribution in [0.1, 0.15) is 48.0 Å². The number of hydrogen-bond acceptors (Lipinski definition) is 6. The molecule has 4 N–H and O–H groups in total. The molecule has 0 fully saturated rings. The molecule has 0 heterocycles. The van der Waals surface area contributed by atoms with Gasteiger partial charge in [-0.3, -0.25) is 14.2 Å². The summed E-state index contributed by atoms with van der Waals surface area (Å²) in [5.74, 6) is -2.23. The number of aliphatic carboxylic acids is 1. The SMILES string of the molecule is CSC(=S)SC(C)(C)C(CC(C)(C)C(C)(C)C(=O)O)C(=O)NCP(=O)(O)O. The number of thioether (sulfide) groups is 2. The summed E-state index contributed by atoms with van der Waals surface area (Å²) in [5, 5.41) is 11.9. The van der Waals surface area contributed by atoms with E-state index in [-0.39, 0.29) is 6.42 Å². The summed E-state index contributed by atoms with van der Waals surface area (Å²) in [6.45, 7) is 10.4. The van der Waals surface area contributed by atoms with Crippen molar-refractivity contribution < 1.29 is 29.0 Å². The van der Waals surface area contributed by atoms with Crippen molar-refractivity contribution >= 4 is 58.7 Å². The molecule has 0 bridgehead atoms. The minimum atomic E-state index is -4.41. The molecule has 158 valence electrons. The molecule has 0 saturated carbocycles. The second kappa shape index (κ2) is 9.59. The van der Waals surface area contributed by atoms with Crippen LogP contribution in [0, 0.1) is 16.7 Å². The lowest BCUT2D eigenvalue weighted by atomic mass is 9.62. The Balaban J connectivity index is 5.84. The van der Waals surface area contributed by atoms with Crippen LogP contribution in [0.15, 0.2) is 0 Å². The van der Waals surface area contributed by atoms with Crippen LogP contribution in [-0.2, 0) is 14.2 Å². The number of amides is 1. The third kappa shape index (κ3) is 8.03. The second-order valence-electron chi connectivity index (χ2n) is 8.09. The molecular weight excluding hydrogens is 429 g/mol. The predicted octanol–water partition coefficient (Wildman–Crippen LogP) is 3.54. The summed E-state index contributed by atoms with van der Waals surface area (Å²) in [4.78, 5) is 42.6. The largest absolute Gasteiger partial charge is 0.481 e. The molecule has 0 aromatic rings. The van der Waals surface area contributed by atoms with Gasteiger partial charge in [-0.05, 0) is 45.8 Å². The Morgan fingerprint density at radius 3 is 2.00 bits per heavy atom. The van der Waals surface area contributed by atoms with Gasteiger partial charge in [0.15, 0.2) is 0 Å². The number of carbonyl (C=O) groups is 2. The van der Waals surface area contributed by atoms with E-state index in [0.29, 0.717) is 3.53 Å². The Kier molecular flexibility index (Phi) is 9.54. The van der Waals surface area contributed by atoms with E-state index < -0.39 is 47.3 Å². The van der Waals surface area contributed by atoms with E-state index in [1.54, 1.807) is 27.7 Å². The van der Waals surface area contributed by atoms with Crippen LogP contribution in [0.2, 0.25) is 0 Å². The number of carbonyl (C=O) groups excluding carboxylic acids is 1. The van der Waals surface area contributed by atoms with Gasteiger partial charge in [0, 0.05) is 4.75 Å². The number of nitrogens with one attached hydrogen (secondary N) is 1. The van der Waals surface area contributed by atoms with E-state index in [1.165, 1.54) is 23.5 Å². The van der Waals surface area contributed by atoms with Crippen LogP contribution in [-0.4, -0.2) is 47.6 Å². The van der Waals surface area contributed by atoms with Gasteiger partial charge >= 0.3 is 13.6 Å². The number of hydrogen-bond donors (Lipinski definition) is 4. The Bertz CT molecular complexity index is 630. The van der Waals surface area contributed by atoms with Gasteiger partial charge in [-0.2, -0.15) is 0 Å². The van der Waals surface area contributed by atoms with Crippen LogP contribution in [0.4, 0.5) is 0 Å². The van der Waals surface area contributed by atoms with E-state index in [9.17, 15) is 19.3 Å². The minimum Gasteiger partial charge on any atom is -0.481 e. The van der Waals surface area contributed by atoms with Crippen molar-refractivity contribution in [2.24, 2.45) is 16.7 Å². The highest BCUT2D eigenvalue weighted by atomic mass is 32.2. The van der Waals surface area contributed by atoms with E-state index in [0.717, 1.165) is 0 Å². The first kappa shape index (κ1) is 26.9. The summed E-state index contributed by atoms with van der Waals surface area (Å²) in [6, 6.07) is 0.